The molecule has 0 saturated heterocycles. The maximum absolute atomic E-state index is 4.61. The topological polar surface area (TPSA) is 40.5 Å². The van der Waals surface area contributed by atoms with Crippen LogP contribution < -0.4 is 5.32 Å². The van der Waals surface area contributed by atoms with E-state index in [0.29, 0.717) is 6.04 Å². The highest BCUT2D eigenvalue weighted by Crippen LogP contribution is 2.34. The molecule has 1 aromatic heterocycles. The third-order valence-electron chi connectivity index (χ3n) is 3.63. The number of aryl methyl sites for hydroxylation is 1. The summed E-state index contributed by atoms with van der Waals surface area (Å²) >= 11 is 1.71. The van der Waals surface area contributed by atoms with Crippen LogP contribution in [0, 0.1) is 12.8 Å². The first-order valence-corrected chi connectivity index (χ1v) is 8.45. The Morgan fingerprint density at radius 2 is 2.29 bits per heavy atom. The first-order valence-electron chi connectivity index (χ1n) is 7.57. The van der Waals surface area contributed by atoms with E-state index in [0.717, 1.165) is 35.7 Å². The summed E-state index contributed by atoms with van der Waals surface area (Å²) in [6.07, 6.45) is 3.89. The second-order valence-electron chi connectivity index (χ2n) is 5.55. The predicted octanol–water partition coefficient (Wildman–Crippen LogP) is 3.66. The fraction of sp³-hybridized carbons (Fsp3) is 0.733. The van der Waals surface area contributed by atoms with Crippen LogP contribution in [0.5, 0.6) is 0 Å². The quantitative estimate of drug-likeness (QED) is 0.432. The number of rotatable bonds is 6. The number of aliphatic imine (C=N–C) groups is 1. The van der Waals surface area contributed by atoms with Crippen molar-refractivity contribution >= 4 is 41.3 Å². The van der Waals surface area contributed by atoms with E-state index in [1.807, 2.05) is 6.92 Å². The normalized spacial score (nSPS) is 20.9. The SMILES string of the molecule is CCCC1CC1NC(=NCC)N(C)Cc1csc(C)n1.I. The van der Waals surface area contributed by atoms with Gasteiger partial charge < -0.3 is 10.2 Å². The van der Waals surface area contributed by atoms with Crippen molar-refractivity contribution in [2.75, 3.05) is 13.6 Å². The van der Waals surface area contributed by atoms with Crippen molar-refractivity contribution in [3.05, 3.63) is 16.1 Å². The van der Waals surface area contributed by atoms with Gasteiger partial charge in [-0.2, -0.15) is 0 Å². The molecule has 1 saturated carbocycles. The molecule has 0 aromatic carbocycles. The van der Waals surface area contributed by atoms with E-state index < -0.39 is 0 Å². The first kappa shape index (κ1) is 18.7. The number of hydrogen-bond acceptors (Lipinski definition) is 3. The zero-order valence-electron chi connectivity index (χ0n) is 13.4. The molecule has 2 atom stereocenters. The van der Waals surface area contributed by atoms with Gasteiger partial charge in [-0.1, -0.05) is 13.3 Å². The average molecular weight is 422 g/mol. The molecule has 0 amide bonds. The lowest BCUT2D eigenvalue weighted by atomic mass is 10.2. The maximum atomic E-state index is 4.61. The lowest BCUT2D eigenvalue weighted by Gasteiger charge is -2.21. The Morgan fingerprint density at radius 1 is 1.52 bits per heavy atom. The molecule has 1 heterocycles. The van der Waals surface area contributed by atoms with Gasteiger partial charge in [0.05, 0.1) is 17.2 Å². The van der Waals surface area contributed by atoms with Gasteiger partial charge in [0.15, 0.2) is 5.96 Å². The number of halogens is 1. The molecule has 1 aromatic rings. The standard InChI is InChI=1S/C15H26N4S.HI/c1-5-7-12-8-14(12)18-15(16-6-2)19(4)9-13-10-20-11(3)17-13;/h10,12,14H,5-9H2,1-4H3,(H,16,18);1H. The highest BCUT2D eigenvalue weighted by molar-refractivity contribution is 14.0. The number of hydrogen-bond donors (Lipinski definition) is 1. The Morgan fingerprint density at radius 3 is 2.86 bits per heavy atom. The zero-order valence-corrected chi connectivity index (χ0v) is 16.6. The summed E-state index contributed by atoms with van der Waals surface area (Å²) in [5.41, 5.74) is 1.13. The summed E-state index contributed by atoms with van der Waals surface area (Å²) < 4.78 is 0. The molecule has 0 bridgehead atoms. The van der Waals surface area contributed by atoms with E-state index in [-0.39, 0.29) is 24.0 Å². The number of nitrogens with zero attached hydrogens (tertiary/aromatic N) is 3. The second kappa shape index (κ2) is 8.92. The Kier molecular flexibility index (Phi) is 7.94. The fourth-order valence-corrected chi connectivity index (χ4v) is 3.11. The van der Waals surface area contributed by atoms with E-state index in [9.17, 15) is 0 Å². The summed E-state index contributed by atoms with van der Waals surface area (Å²) in [5, 5.41) is 6.86. The minimum Gasteiger partial charge on any atom is -0.353 e. The molecule has 1 fully saturated rings. The van der Waals surface area contributed by atoms with Crippen molar-refractivity contribution in [2.45, 2.75) is 52.6 Å². The van der Waals surface area contributed by atoms with Gasteiger partial charge in [0.25, 0.3) is 0 Å². The third kappa shape index (κ3) is 5.73. The maximum Gasteiger partial charge on any atom is 0.194 e. The predicted molar refractivity (Wildman–Crippen MR) is 102 cm³/mol. The molecule has 0 aliphatic heterocycles. The highest BCUT2D eigenvalue weighted by Gasteiger charge is 2.37. The zero-order chi connectivity index (χ0) is 14.5. The molecular formula is C15H27IN4S. The molecule has 1 N–H and O–H groups in total. The average Bonchev–Trinajstić information content (AvgIpc) is 3.00. The van der Waals surface area contributed by atoms with Crippen LogP contribution in [0.3, 0.4) is 0 Å². The third-order valence-corrected chi connectivity index (χ3v) is 4.45. The van der Waals surface area contributed by atoms with Crippen molar-refractivity contribution in [2.24, 2.45) is 10.9 Å². The number of nitrogens with one attached hydrogen (secondary N) is 1. The van der Waals surface area contributed by atoms with Crippen molar-refractivity contribution in [1.82, 2.24) is 15.2 Å². The number of aromatic nitrogens is 1. The second-order valence-corrected chi connectivity index (χ2v) is 6.61. The molecular weight excluding hydrogens is 395 g/mol. The lowest BCUT2D eigenvalue weighted by molar-refractivity contribution is 0.465. The van der Waals surface area contributed by atoms with Gasteiger partial charge in [-0.05, 0) is 32.6 Å². The van der Waals surface area contributed by atoms with E-state index in [1.165, 1.54) is 19.3 Å². The summed E-state index contributed by atoms with van der Waals surface area (Å²) in [4.78, 5) is 11.3. The molecule has 2 rings (SSSR count). The number of guanidine groups is 1. The van der Waals surface area contributed by atoms with Gasteiger partial charge >= 0.3 is 0 Å². The monoisotopic (exact) mass is 422 g/mol. The van der Waals surface area contributed by atoms with Gasteiger partial charge in [-0.3, -0.25) is 4.99 Å². The van der Waals surface area contributed by atoms with Gasteiger partial charge in [0.2, 0.25) is 0 Å². The molecule has 21 heavy (non-hydrogen) atoms. The highest BCUT2D eigenvalue weighted by atomic mass is 127. The minimum atomic E-state index is 0. The minimum absolute atomic E-state index is 0. The van der Waals surface area contributed by atoms with Crippen molar-refractivity contribution < 1.29 is 0 Å². The van der Waals surface area contributed by atoms with Crippen LogP contribution in [-0.2, 0) is 6.54 Å². The molecule has 1 aliphatic carbocycles. The Labute approximate surface area is 149 Å². The van der Waals surface area contributed by atoms with E-state index >= 15 is 0 Å². The van der Waals surface area contributed by atoms with Crippen molar-refractivity contribution in [3.8, 4) is 0 Å². The summed E-state index contributed by atoms with van der Waals surface area (Å²) in [5.74, 6) is 1.86. The van der Waals surface area contributed by atoms with Gasteiger partial charge in [-0.15, -0.1) is 35.3 Å². The molecule has 1 aliphatic rings. The van der Waals surface area contributed by atoms with Gasteiger partial charge in [0.1, 0.15) is 0 Å². The van der Waals surface area contributed by atoms with Crippen LogP contribution in [0.1, 0.15) is 43.8 Å². The summed E-state index contributed by atoms with van der Waals surface area (Å²) in [7, 11) is 2.09. The van der Waals surface area contributed by atoms with Crippen LogP contribution in [0.2, 0.25) is 0 Å². The molecule has 4 nitrogen and oxygen atoms in total. The smallest absolute Gasteiger partial charge is 0.194 e. The van der Waals surface area contributed by atoms with Crippen molar-refractivity contribution in [1.29, 1.82) is 0 Å². The Balaban J connectivity index is 0.00000220. The van der Waals surface area contributed by atoms with Crippen molar-refractivity contribution in [3.63, 3.8) is 0 Å². The molecule has 2 unspecified atom stereocenters. The van der Waals surface area contributed by atoms with E-state index in [4.69, 9.17) is 0 Å². The Hall–Kier alpha value is -0.370. The summed E-state index contributed by atoms with van der Waals surface area (Å²) in [6, 6.07) is 0.625. The van der Waals surface area contributed by atoms with Crippen LogP contribution >= 0.6 is 35.3 Å². The molecule has 6 heteroatoms. The number of thiazole rings is 1. The molecule has 120 valence electrons. The molecule has 0 spiro atoms. The largest absolute Gasteiger partial charge is 0.353 e. The van der Waals surface area contributed by atoms with Crippen LogP contribution in [0.4, 0.5) is 0 Å². The van der Waals surface area contributed by atoms with Crippen LogP contribution in [0.25, 0.3) is 0 Å². The van der Waals surface area contributed by atoms with Gasteiger partial charge in [0, 0.05) is 25.0 Å². The van der Waals surface area contributed by atoms with Crippen LogP contribution in [-0.4, -0.2) is 35.5 Å². The first-order chi connectivity index (χ1) is 9.63. The lowest BCUT2D eigenvalue weighted by Crippen LogP contribution is -2.40. The Bertz CT molecular complexity index is 460. The summed E-state index contributed by atoms with van der Waals surface area (Å²) in [6.45, 7) is 8.02. The van der Waals surface area contributed by atoms with E-state index in [1.54, 1.807) is 11.3 Å². The molecule has 0 radical (unpaired) electrons. The fourth-order valence-electron chi connectivity index (χ4n) is 2.51. The van der Waals surface area contributed by atoms with E-state index in [2.05, 4.69) is 46.5 Å². The van der Waals surface area contributed by atoms with Gasteiger partial charge in [-0.25, -0.2) is 4.98 Å². The van der Waals surface area contributed by atoms with Crippen LogP contribution in [0.15, 0.2) is 10.4 Å².